The molecule has 0 N–H and O–H groups in total. The van der Waals surface area contributed by atoms with Gasteiger partial charge in [0.2, 0.25) is 0 Å². The quantitative estimate of drug-likeness (QED) is 0.318. The van der Waals surface area contributed by atoms with Crippen molar-refractivity contribution in [2.75, 3.05) is 18.1 Å². The van der Waals surface area contributed by atoms with E-state index < -0.39 is 15.9 Å². The van der Waals surface area contributed by atoms with Crippen LogP contribution in [-0.2, 0) is 14.6 Å². The van der Waals surface area contributed by atoms with Gasteiger partial charge < -0.3 is 4.74 Å². The van der Waals surface area contributed by atoms with Gasteiger partial charge in [0.25, 0.3) is 5.91 Å². The topological polar surface area (TPSA) is 81.5 Å². The van der Waals surface area contributed by atoms with Crippen LogP contribution in [0.25, 0.3) is 23.0 Å². The summed E-state index contributed by atoms with van der Waals surface area (Å²) in [7, 11) is -3.14. The highest BCUT2D eigenvalue weighted by molar-refractivity contribution is 8.26. The molecule has 0 spiro atoms. The monoisotopic (exact) mass is 539 g/mol. The highest BCUT2D eigenvalue weighted by Gasteiger charge is 2.42. The molecular formula is C26H25N3O4S3. The maximum atomic E-state index is 13.3. The molecule has 1 aromatic heterocycles. The number of para-hydroxylation sites is 1. The summed E-state index contributed by atoms with van der Waals surface area (Å²) in [6, 6.07) is 17.1. The number of hydrogen-bond acceptors (Lipinski definition) is 7. The van der Waals surface area contributed by atoms with E-state index >= 15 is 0 Å². The summed E-state index contributed by atoms with van der Waals surface area (Å²) in [5.74, 6) is 0.529. The average Bonchev–Trinajstić information content (AvgIpc) is 3.53. The van der Waals surface area contributed by atoms with Crippen molar-refractivity contribution < 1.29 is 17.9 Å². The molecule has 2 aliphatic heterocycles. The lowest BCUT2D eigenvalue weighted by Gasteiger charge is -2.20. The number of thiocarbonyl (C=S) groups is 1. The first-order valence-electron chi connectivity index (χ1n) is 11.7. The molecule has 1 amide bonds. The zero-order valence-corrected chi connectivity index (χ0v) is 22.1. The molecule has 1 atom stereocenters. The van der Waals surface area contributed by atoms with E-state index in [-0.39, 0.29) is 17.4 Å². The molecule has 10 heteroatoms. The molecule has 5 rings (SSSR count). The molecule has 2 saturated heterocycles. The third-order valence-electron chi connectivity index (χ3n) is 6.03. The van der Waals surface area contributed by atoms with E-state index in [4.69, 9.17) is 22.1 Å². The third-order valence-corrected chi connectivity index (χ3v) is 9.11. The molecule has 0 aliphatic carbocycles. The number of thioether (sulfide) groups is 1. The largest absolute Gasteiger partial charge is 0.494 e. The summed E-state index contributed by atoms with van der Waals surface area (Å²) in [5, 5.41) is 4.84. The summed E-state index contributed by atoms with van der Waals surface area (Å²) >= 11 is 6.68. The van der Waals surface area contributed by atoms with E-state index in [1.807, 2.05) is 60.8 Å². The lowest BCUT2D eigenvalue weighted by Crippen LogP contribution is -2.39. The van der Waals surface area contributed by atoms with E-state index in [0.29, 0.717) is 27.9 Å². The first-order chi connectivity index (χ1) is 17.3. The molecule has 0 unspecified atom stereocenters. The van der Waals surface area contributed by atoms with Gasteiger partial charge in [-0.15, -0.1) is 0 Å². The van der Waals surface area contributed by atoms with Crippen molar-refractivity contribution >= 4 is 50.1 Å². The molecule has 2 aromatic carbocycles. The second kappa shape index (κ2) is 10.2. The maximum Gasteiger partial charge on any atom is 0.266 e. The Morgan fingerprint density at radius 2 is 2.00 bits per heavy atom. The van der Waals surface area contributed by atoms with Crippen molar-refractivity contribution in [3.63, 3.8) is 0 Å². The average molecular weight is 540 g/mol. The standard InChI is InChI=1S/C26H25N3O4S3/c1-2-12-33-22-10-6-7-18(14-22)24-19(16-28(27-24)20-8-4-3-5-9-20)15-23-25(30)29(26(34)35-23)21-11-13-36(31,32)17-21/h3-10,14-16,21H,2,11-13,17H2,1H3/b23-15-/t21-/m1/s1. The van der Waals surface area contributed by atoms with Crippen molar-refractivity contribution in [1.82, 2.24) is 14.7 Å². The molecule has 36 heavy (non-hydrogen) atoms. The Labute approximate surface area is 220 Å². The first kappa shape index (κ1) is 24.7. The minimum absolute atomic E-state index is 0.0472. The van der Waals surface area contributed by atoms with Crippen LogP contribution in [0.3, 0.4) is 0 Å². The minimum Gasteiger partial charge on any atom is -0.494 e. The third kappa shape index (κ3) is 5.11. The van der Waals surface area contributed by atoms with Crippen molar-refractivity contribution in [3.8, 4) is 22.7 Å². The number of aromatic nitrogens is 2. The molecule has 0 saturated carbocycles. The van der Waals surface area contributed by atoms with E-state index in [9.17, 15) is 13.2 Å². The first-order valence-corrected chi connectivity index (χ1v) is 14.7. The Morgan fingerprint density at radius 3 is 2.72 bits per heavy atom. The predicted molar refractivity (Wildman–Crippen MR) is 147 cm³/mol. The molecule has 186 valence electrons. The fraction of sp³-hybridized carbons (Fsp3) is 0.269. The Hall–Kier alpha value is -2.95. The maximum absolute atomic E-state index is 13.3. The van der Waals surface area contributed by atoms with Crippen molar-refractivity contribution in [2.45, 2.75) is 25.8 Å². The van der Waals surface area contributed by atoms with Crippen LogP contribution >= 0.6 is 24.0 Å². The molecule has 0 bridgehead atoms. The van der Waals surface area contributed by atoms with Crippen LogP contribution in [0, 0.1) is 0 Å². The van der Waals surface area contributed by atoms with E-state index in [1.54, 1.807) is 10.8 Å². The highest BCUT2D eigenvalue weighted by atomic mass is 32.2. The van der Waals surface area contributed by atoms with Gasteiger partial charge in [0, 0.05) is 17.3 Å². The summed E-state index contributed by atoms with van der Waals surface area (Å²) in [5.41, 5.74) is 3.21. The second-order valence-electron chi connectivity index (χ2n) is 8.70. The predicted octanol–water partition coefficient (Wildman–Crippen LogP) is 4.72. The summed E-state index contributed by atoms with van der Waals surface area (Å²) in [4.78, 5) is 15.2. The fourth-order valence-electron chi connectivity index (χ4n) is 4.30. The SMILES string of the molecule is CCCOc1cccc(-c2nn(-c3ccccc3)cc2/C=C2\SC(=S)N([C@@H]3CCS(=O)(=O)C3)C2=O)c1. The number of hydrogen-bond donors (Lipinski definition) is 0. The van der Waals surface area contributed by atoms with Crippen LogP contribution in [0.15, 0.2) is 65.7 Å². The van der Waals surface area contributed by atoms with Gasteiger partial charge in [-0.1, -0.05) is 61.2 Å². The van der Waals surface area contributed by atoms with Gasteiger partial charge >= 0.3 is 0 Å². The molecule has 7 nitrogen and oxygen atoms in total. The minimum atomic E-state index is -3.14. The van der Waals surface area contributed by atoms with Gasteiger partial charge in [0.1, 0.15) is 15.8 Å². The number of carbonyl (C=O) groups excluding carboxylic acids is 1. The van der Waals surface area contributed by atoms with E-state index in [2.05, 4.69) is 6.92 Å². The normalized spacial score (nSPS) is 20.4. The number of rotatable bonds is 7. The van der Waals surface area contributed by atoms with Crippen LogP contribution in [-0.4, -0.2) is 57.5 Å². The van der Waals surface area contributed by atoms with Crippen LogP contribution in [0.4, 0.5) is 0 Å². The smallest absolute Gasteiger partial charge is 0.266 e. The van der Waals surface area contributed by atoms with E-state index in [1.165, 1.54) is 16.7 Å². The number of nitrogens with zero attached hydrogens (tertiary/aromatic N) is 3. The fourth-order valence-corrected chi connectivity index (χ4v) is 7.39. The van der Waals surface area contributed by atoms with Crippen LogP contribution in [0.5, 0.6) is 5.75 Å². The molecule has 0 radical (unpaired) electrons. The van der Waals surface area contributed by atoms with Gasteiger partial charge in [-0.3, -0.25) is 9.69 Å². The molecular weight excluding hydrogens is 515 g/mol. The number of carbonyl (C=O) groups is 1. The molecule has 2 fully saturated rings. The molecule has 3 heterocycles. The highest BCUT2D eigenvalue weighted by Crippen LogP contribution is 2.38. The second-order valence-corrected chi connectivity index (χ2v) is 12.6. The zero-order chi connectivity index (χ0) is 25.3. The van der Waals surface area contributed by atoms with Gasteiger partial charge in [-0.2, -0.15) is 5.10 Å². The van der Waals surface area contributed by atoms with E-state index in [0.717, 1.165) is 29.0 Å². The zero-order valence-electron chi connectivity index (χ0n) is 19.7. The van der Waals surface area contributed by atoms with Gasteiger partial charge in [0.05, 0.1) is 34.7 Å². The Kier molecular flexibility index (Phi) is 7.00. The summed E-state index contributed by atoms with van der Waals surface area (Å²) in [6.07, 6.45) is 4.99. The van der Waals surface area contributed by atoms with Gasteiger partial charge in [-0.05, 0) is 43.2 Å². The van der Waals surface area contributed by atoms with Crippen LogP contribution in [0.1, 0.15) is 25.3 Å². The number of benzene rings is 2. The van der Waals surface area contributed by atoms with Crippen LogP contribution < -0.4 is 4.74 Å². The van der Waals surface area contributed by atoms with Crippen molar-refractivity contribution in [1.29, 1.82) is 0 Å². The van der Waals surface area contributed by atoms with Crippen LogP contribution in [0.2, 0.25) is 0 Å². The number of sulfone groups is 1. The molecule has 2 aliphatic rings. The summed E-state index contributed by atoms with van der Waals surface area (Å²) < 4.78 is 32.0. The van der Waals surface area contributed by atoms with Crippen molar-refractivity contribution in [3.05, 3.63) is 71.3 Å². The lowest BCUT2D eigenvalue weighted by atomic mass is 10.1. The van der Waals surface area contributed by atoms with Crippen molar-refractivity contribution in [2.24, 2.45) is 0 Å². The number of amides is 1. The van der Waals surface area contributed by atoms with Gasteiger partial charge in [0.15, 0.2) is 9.84 Å². The van der Waals surface area contributed by atoms with Gasteiger partial charge in [-0.25, -0.2) is 13.1 Å². The lowest BCUT2D eigenvalue weighted by molar-refractivity contribution is -0.123. The Balaban J connectivity index is 1.53. The Morgan fingerprint density at radius 1 is 1.19 bits per heavy atom. The summed E-state index contributed by atoms with van der Waals surface area (Å²) in [6.45, 7) is 2.68. The Bertz CT molecular complexity index is 1450. The number of ether oxygens (including phenoxy) is 1. The molecule has 3 aromatic rings.